The van der Waals surface area contributed by atoms with Crippen LogP contribution in [0.1, 0.15) is 43.5 Å². The standard InChI is InChI=1S/C15H22N2O/c1-11-5-4-6-12(2)17(11)15(18)13-7-9-14(16-3)10-8-13/h7-12,16H,4-6H2,1-3H3/t11-,12+. The normalized spacial score (nSPS) is 23.8. The molecular weight excluding hydrogens is 224 g/mol. The maximum atomic E-state index is 12.5. The van der Waals surface area contributed by atoms with Gasteiger partial charge in [-0.2, -0.15) is 0 Å². The summed E-state index contributed by atoms with van der Waals surface area (Å²) >= 11 is 0. The van der Waals surface area contributed by atoms with Crippen molar-refractivity contribution in [2.24, 2.45) is 0 Å². The van der Waals surface area contributed by atoms with Gasteiger partial charge < -0.3 is 10.2 Å². The van der Waals surface area contributed by atoms with E-state index in [1.807, 2.05) is 36.2 Å². The van der Waals surface area contributed by atoms with Crippen LogP contribution >= 0.6 is 0 Å². The molecule has 1 aromatic carbocycles. The van der Waals surface area contributed by atoms with E-state index in [9.17, 15) is 4.79 Å². The molecule has 98 valence electrons. The first-order valence-electron chi connectivity index (χ1n) is 6.74. The number of carbonyl (C=O) groups excluding carboxylic acids is 1. The minimum atomic E-state index is 0.164. The lowest BCUT2D eigenvalue weighted by atomic mass is 9.96. The summed E-state index contributed by atoms with van der Waals surface area (Å²) in [6.07, 6.45) is 3.46. The van der Waals surface area contributed by atoms with Crippen molar-refractivity contribution < 1.29 is 4.79 Å². The topological polar surface area (TPSA) is 32.3 Å². The Morgan fingerprint density at radius 1 is 1.17 bits per heavy atom. The van der Waals surface area contributed by atoms with Crippen molar-refractivity contribution >= 4 is 11.6 Å². The molecule has 1 aliphatic rings. The van der Waals surface area contributed by atoms with E-state index in [0.29, 0.717) is 12.1 Å². The van der Waals surface area contributed by atoms with E-state index in [0.717, 1.165) is 24.1 Å². The number of nitrogens with one attached hydrogen (secondary N) is 1. The quantitative estimate of drug-likeness (QED) is 0.869. The molecular formula is C15H22N2O. The molecule has 0 aromatic heterocycles. The zero-order chi connectivity index (χ0) is 13.1. The number of nitrogens with zero attached hydrogens (tertiary/aromatic N) is 1. The zero-order valence-electron chi connectivity index (χ0n) is 11.4. The minimum Gasteiger partial charge on any atom is -0.388 e. The van der Waals surface area contributed by atoms with Gasteiger partial charge in [-0.25, -0.2) is 0 Å². The van der Waals surface area contributed by atoms with Gasteiger partial charge in [0, 0.05) is 30.4 Å². The molecule has 1 saturated heterocycles. The Balaban J connectivity index is 2.18. The second kappa shape index (κ2) is 5.42. The summed E-state index contributed by atoms with van der Waals surface area (Å²) in [5.74, 6) is 0.164. The molecule has 18 heavy (non-hydrogen) atoms. The van der Waals surface area contributed by atoms with Crippen molar-refractivity contribution in [2.75, 3.05) is 12.4 Å². The molecule has 1 amide bonds. The lowest BCUT2D eigenvalue weighted by molar-refractivity contribution is 0.0511. The third-order valence-electron chi connectivity index (χ3n) is 3.85. The Morgan fingerprint density at radius 2 is 1.72 bits per heavy atom. The monoisotopic (exact) mass is 246 g/mol. The largest absolute Gasteiger partial charge is 0.388 e. The Kier molecular flexibility index (Phi) is 3.90. The second-order valence-electron chi connectivity index (χ2n) is 5.17. The van der Waals surface area contributed by atoms with E-state index in [-0.39, 0.29) is 5.91 Å². The van der Waals surface area contributed by atoms with Crippen LogP contribution in [0.15, 0.2) is 24.3 Å². The molecule has 3 nitrogen and oxygen atoms in total. The first kappa shape index (κ1) is 12.9. The molecule has 2 atom stereocenters. The molecule has 1 aliphatic heterocycles. The highest BCUT2D eigenvalue weighted by Gasteiger charge is 2.29. The summed E-state index contributed by atoms with van der Waals surface area (Å²) in [5.41, 5.74) is 1.82. The van der Waals surface area contributed by atoms with Gasteiger partial charge in [-0.05, 0) is 57.4 Å². The highest BCUT2D eigenvalue weighted by molar-refractivity contribution is 5.95. The number of anilines is 1. The van der Waals surface area contributed by atoms with E-state index in [2.05, 4.69) is 19.2 Å². The molecule has 0 spiro atoms. The highest BCUT2D eigenvalue weighted by Crippen LogP contribution is 2.24. The van der Waals surface area contributed by atoms with Gasteiger partial charge in [0.05, 0.1) is 0 Å². The van der Waals surface area contributed by atoms with Crippen LogP contribution in [0.3, 0.4) is 0 Å². The predicted octanol–water partition coefficient (Wildman–Crippen LogP) is 3.13. The number of amides is 1. The molecule has 0 aliphatic carbocycles. The van der Waals surface area contributed by atoms with Crippen LogP contribution in [0.2, 0.25) is 0 Å². The van der Waals surface area contributed by atoms with Gasteiger partial charge in [-0.1, -0.05) is 0 Å². The number of hydrogen-bond acceptors (Lipinski definition) is 2. The van der Waals surface area contributed by atoms with Crippen LogP contribution < -0.4 is 5.32 Å². The predicted molar refractivity (Wildman–Crippen MR) is 74.9 cm³/mol. The fraction of sp³-hybridized carbons (Fsp3) is 0.533. The van der Waals surface area contributed by atoms with Gasteiger partial charge in [0.25, 0.3) is 5.91 Å². The second-order valence-corrected chi connectivity index (χ2v) is 5.17. The van der Waals surface area contributed by atoms with E-state index in [1.165, 1.54) is 6.42 Å². The van der Waals surface area contributed by atoms with E-state index in [4.69, 9.17) is 0 Å². The fourth-order valence-corrected chi connectivity index (χ4v) is 2.75. The summed E-state index contributed by atoms with van der Waals surface area (Å²) in [5, 5.41) is 3.07. The summed E-state index contributed by atoms with van der Waals surface area (Å²) in [7, 11) is 1.88. The fourth-order valence-electron chi connectivity index (χ4n) is 2.75. The Morgan fingerprint density at radius 3 is 2.22 bits per heavy atom. The van der Waals surface area contributed by atoms with Crippen LogP contribution in [-0.4, -0.2) is 29.9 Å². The van der Waals surface area contributed by atoms with Crippen LogP contribution in [0.5, 0.6) is 0 Å². The Labute approximate surface area is 109 Å². The van der Waals surface area contributed by atoms with E-state index >= 15 is 0 Å². The van der Waals surface area contributed by atoms with Crippen LogP contribution in [0.25, 0.3) is 0 Å². The molecule has 1 aromatic rings. The van der Waals surface area contributed by atoms with Crippen molar-refractivity contribution in [2.45, 2.75) is 45.2 Å². The van der Waals surface area contributed by atoms with Gasteiger partial charge >= 0.3 is 0 Å². The van der Waals surface area contributed by atoms with E-state index < -0.39 is 0 Å². The molecule has 3 heteroatoms. The smallest absolute Gasteiger partial charge is 0.254 e. The molecule has 0 bridgehead atoms. The number of piperidine rings is 1. The highest BCUT2D eigenvalue weighted by atomic mass is 16.2. The van der Waals surface area contributed by atoms with Gasteiger partial charge in [-0.3, -0.25) is 4.79 Å². The number of carbonyl (C=O) groups is 1. The first-order chi connectivity index (χ1) is 8.63. The molecule has 0 unspecified atom stereocenters. The number of rotatable bonds is 2. The summed E-state index contributed by atoms with van der Waals surface area (Å²) in [6.45, 7) is 4.30. The van der Waals surface area contributed by atoms with Gasteiger partial charge in [0.2, 0.25) is 0 Å². The van der Waals surface area contributed by atoms with Gasteiger partial charge in [-0.15, -0.1) is 0 Å². The third-order valence-corrected chi connectivity index (χ3v) is 3.85. The summed E-state index contributed by atoms with van der Waals surface area (Å²) < 4.78 is 0. The SMILES string of the molecule is CNc1ccc(C(=O)N2[C@H](C)CCC[C@@H]2C)cc1. The first-order valence-corrected chi connectivity index (χ1v) is 6.74. The Hall–Kier alpha value is -1.51. The molecule has 2 rings (SSSR count). The summed E-state index contributed by atoms with van der Waals surface area (Å²) in [4.78, 5) is 14.6. The third kappa shape index (κ3) is 2.50. The van der Waals surface area contributed by atoms with Crippen molar-refractivity contribution in [3.8, 4) is 0 Å². The summed E-state index contributed by atoms with van der Waals surface area (Å²) in [6, 6.07) is 8.42. The van der Waals surface area contributed by atoms with Crippen molar-refractivity contribution in [1.29, 1.82) is 0 Å². The number of likely N-dealkylation sites (tertiary alicyclic amines) is 1. The van der Waals surface area contributed by atoms with Gasteiger partial charge in [0.15, 0.2) is 0 Å². The lowest BCUT2D eigenvalue weighted by Gasteiger charge is -2.39. The van der Waals surface area contributed by atoms with Crippen LogP contribution in [0, 0.1) is 0 Å². The minimum absolute atomic E-state index is 0.164. The zero-order valence-corrected chi connectivity index (χ0v) is 11.4. The number of hydrogen-bond donors (Lipinski definition) is 1. The molecule has 0 saturated carbocycles. The average Bonchev–Trinajstić information content (AvgIpc) is 2.38. The molecule has 1 N–H and O–H groups in total. The molecule has 1 heterocycles. The van der Waals surface area contributed by atoms with Crippen molar-refractivity contribution in [3.63, 3.8) is 0 Å². The Bertz CT molecular complexity index is 403. The number of benzene rings is 1. The van der Waals surface area contributed by atoms with Crippen LogP contribution in [-0.2, 0) is 0 Å². The van der Waals surface area contributed by atoms with Crippen molar-refractivity contribution in [1.82, 2.24) is 4.90 Å². The van der Waals surface area contributed by atoms with Gasteiger partial charge in [0.1, 0.15) is 0 Å². The molecule has 1 fully saturated rings. The van der Waals surface area contributed by atoms with Crippen molar-refractivity contribution in [3.05, 3.63) is 29.8 Å². The molecule has 0 radical (unpaired) electrons. The lowest BCUT2D eigenvalue weighted by Crippen LogP contribution is -2.47. The van der Waals surface area contributed by atoms with E-state index in [1.54, 1.807) is 0 Å². The average molecular weight is 246 g/mol. The maximum Gasteiger partial charge on any atom is 0.254 e. The van der Waals surface area contributed by atoms with Crippen LogP contribution in [0.4, 0.5) is 5.69 Å². The maximum absolute atomic E-state index is 12.5.